The van der Waals surface area contributed by atoms with Crippen LogP contribution in [0.3, 0.4) is 0 Å². The molecule has 1 N–H and O–H groups in total. The highest BCUT2D eigenvalue weighted by atomic mass is 35.5. The van der Waals surface area contributed by atoms with Gasteiger partial charge in [0.05, 0.1) is 6.10 Å². The van der Waals surface area contributed by atoms with Gasteiger partial charge in [-0.1, -0.05) is 37.6 Å². The van der Waals surface area contributed by atoms with Gasteiger partial charge in [-0.2, -0.15) is 0 Å². The zero-order valence-corrected chi connectivity index (χ0v) is 18.0. The van der Waals surface area contributed by atoms with Gasteiger partial charge in [0.1, 0.15) is 0 Å². The molecule has 154 valence electrons. The first-order chi connectivity index (χ1) is 13.0. The number of rotatable bonds is 2. The summed E-state index contributed by atoms with van der Waals surface area (Å²) >= 11 is 6.75. The molecule has 0 aliphatic heterocycles. The molecule has 0 saturated heterocycles. The minimum absolute atomic E-state index is 0.0374. The monoisotopic (exact) mass is 406 g/mol. The summed E-state index contributed by atoms with van der Waals surface area (Å²) in [6, 6.07) is 0. The Balaban J connectivity index is 1.78. The number of Topliss-reactive ketones (excluding diaryl/α,β-unsaturated/α-hetero) is 1. The van der Waals surface area contributed by atoms with Gasteiger partial charge in [0.15, 0.2) is 11.4 Å². The Kier molecular flexibility index (Phi) is 4.63. The largest absolute Gasteiger partial charge is 0.451 e. The molecule has 0 bridgehead atoms. The van der Waals surface area contributed by atoms with E-state index in [9.17, 15) is 14.7 Å². The molecule has 7 atom stereocenters. The fraction of sp³-hybridized carbons (Fsp3) is 0.739. The van der Waals surface area contributed by atoms with Gasteiger partial charge in [-0.15, -0.1) is 0 Å². The molecular weight excluding hydrogens is 376 g/mol. The van der Waals surface area contributed by atoms with Crippen molar-refractivity contribution in [2.75, 3.05) is 0 Å². The van der Waals surface area contributed by atoms with Gasteiger partial charge in [0, 0.05) is 17.4 Å². The molecule has 2 fully saturated rings. The zero-order chi connectivity index (χ0) is 20.5. The predicted molar refractivity (Wildman–Crippen MR) is 108 cm³/mol. The van der Waals surface area contributed by atoms with Crippen LogP contribution in [0.25, 0.3) is 0 Å². The molecule has 5 heteroatoms. The Morgan fingerprint density at radius 1 is 1.07 bits per heavy atom. The fourth-order valence-electron chi connectivity index (χ4n) is 7.28. The second-order valence-corrected chi connectivity index (χ2v) is 10.3. The maximum absolute atomic E-state index is 12.8. The van der Waals surface area contributed by atoms with Crippen molar-refractivity contribution in [3.8, 4) is 0 Å². The van der Waals surface area contributed by atoms with E-state index in [1.165, 1.54) is 6.92 Å². The smallest absolute Gasteiger partial charge is 0.303 e. The van der Waals surface area contributed by atoms with Gasteiger partial charge in [0.25, 0.3) is 0 Å². The number of hydrogen-bond acceptors (Lipinski definition) is 4. The Morgan fingerprint density at radius 2 is 1.75 bits per heavy atom. The van der Waals surface area contributed by atoms with Gasteiger partial charge in [-0.05, 0) is 74.2 Å². The van der Waals surface area contributed by atoms with Gasteiger partial charge >= 0.3 is 5.97 Å². The quantitative estimate of drug-likeness (QED) is 0.683. The van der Waals surface area contributed by atoms with E-state index in [2.05, 4.69) is 19.9 Å². The van der Waals surface area contributed by atoms with Crippen molar-refractivity contribution in [1.82, 2.24) is 0 Å². The van der Waals surface area contributed by atoms with Crippen molar-refractivity contribution < 1.29 is 19.4 Å². The van der Waals surface area contributed by atoms with Crippen LogP contribution in [-0.4, -0.2) is 28.6 Å². The Morgan fingerprint density at radius 3 is 2.39 bits per heavy atom. The first-order valence-corrected chi connectivity index (χ1v) is 10.9. The van der Waals surface area contributed by atoms with Crippen LogP contribution in [0.5, 0.6) is 0 Å². The van der Waals surface area contributed by atoms with Crippen molar-refractivity contribution in [3.05, 3.63) is 22.8 Å². The Bertz CT molecular complexity index is 785. The number of esters is 1. The third-order valence-electron chi connectivity index (χ3n) is 8.69. The fourth-order valence-corrected chi connectivity index (χ4v) is 7.70. The van der Waals surface area contributed by atoms with Crippen molar-refractivity contribution >= 4 is 23.4 Å². The maximum atomic E-state index is 12.8. The summed E-state index contributed by atoms with van der Waals surface area (Å²) in [5, 5.41) is 10.9. The summed E-state index contributed by atoms with van der Waals surface area (Å²) in [6.45, 7) is 7.40. The molecule has 0 spiro atoms. The second-order valence-electron chi connectivity index (χ2n) is 9.88. The number of carbonyl (C=O) groups excluding carboxylic acids is 2. The highest BCUT2D eigenvalue weighted by molar-refractivity contribution is 6.32. The van der Waals surface area contributed by atoms with Crippen LogP contribution >= 0.6 is 11.6 Å². The lowest BCUT2D eigenvalue weighted by molar-refractivity contribution is -0.185. The molecule has 2 saturated carbocycles. The Labute approximate surface area is 172 Å². The number of ketones is 1. The molecular formula is C23H31ClO4. The molecule has 4 nitrogen and oxygen atoms in total. The summed E-state index contributed by atoms with van der Waals surface area (Å²) in [5.41, 5.74) is -0.340. The van der Waals surface area contributed by atoms with E-state index in [-0.39, 0.29) is 34.4 Å². The van der Waals surface area contributed by atoms with Crippen molar-refractivity contribution in [2.24, 2.45) is 28.6 Å². The first kappa shape index (κ1) is 20.2. The highest BCUT2D eigenvalue weighted by Gasteiger charge is 2.67. The van der Waals surface area contributed by atoms with Gasteiger partial charge in [-0.3, -0.25) is 9.59 Å². The van der Waals surface area contributed by atoms with Crippen molar-refractivity contribution in [2.45, 2.75) is 77.9 Å². The van der Waals surface area contributed by atoms with Gasteiger partial charge < -0.3 is 9.84 Å². The van der Waals surface area contributed by atoms with E-state index in [0.29, 0.717) is 12.3 Å². The van der Waals surface area contributed by atoms with Crippen molar-refractivity contribution in [1.29, 1.82) is 0 Å². The molecule has 0 aromatic carbocycles. The lowest BCUT2D eigenvalue weighted by atomic mass is 9.48. The lowest BCUT2D eigenvalue weighted by Crippen LogP contribution is -2.58. The molecule has 4 aliphatic carbocycles. The summed E-state index contributed by atoms with van der Waals surface area (Å²) in [6.07, 6.45) is 8.68. The van der Waals surface area contributed by atoms with Crippen LogP contribution in [0.4, 0.5) is 0 Å². The molecule has 4 rings (SSSR count). The standard InChI is InChI=1S/C23H31ClO4/c1-13(25)23(28-14(2)26)10-7-18-16-12-20(24)19-11-15(27)5-8-21(19,3)17(16)6-9-22(18,23)4/h11-12,15-18,27H,5-10H2,1-4H3/t15-,16+,17+,18+,21+,22-,23-/m0/s1. The average Bonchev–Trinajstić information content (AvgIpc) is 2.90. The molecule has 0 aromatic heterocycles. The summed E-state index contributed by atoms with van der Waals surface area (Å²) in [7, 11) is 0. The minimum atomic E-state index is -1.02. The van der Waals surface area contributed by atoms with E-state index < -0.39 is 11.7 Å². The number of fused-ring (bicyclic) bond motifs is 5. The number of ether oxygens (including phenoxy) is 1. The van der Waals surface area contributed by atoms with Crippen LogP contribution in [0.15, 0.2) is 22.8 Å². The SMILES string of the molecule is CC(=O)O[C@]1(C(C)=O)CC[C@@H]2[C@@H]3C=C(Cl)C4=C[C@@H](O)CC[C@]4(C)[C@@H]3CC[C@@]21C. The summed E-state index contributed by atoms with van der Waals surface area (Å²) < 4.78 is 5.80. The number of hydrogen-bond donors (Lipinski definition) is 1. The molecule has 0 amide bonds. The molecule has 4 aliphatic rings. The summed E-state index contributed by atoms with van der Waals surface area (Å²) in [4.78, 5) is 24.7. The number of halogens is 1. The molecule has 0 radical (unpaired) electrons. The van der Waals surface area contributed by atoms with Crippen LogP contribution in [0.2, 0.25) is 0 Å². The normalized spacial score (nSPS) is 47.2. The summed E-state index contributed by atoms with van der Waals surface area (Å²) in [5.74, 6) is 0.542. The van der Waals surface area contributed by atoms with Crippen LogP contribution < -0.4 is 0 Å². The van der Waals surface area contributed by atoms with Crippen LogP contribution in [0, 0.1) is 28.6 Å². The average molecular weight is 407 g/mol. The van der Waals surface area contributed by atoms with E-state index in [0.717, 1.165) is 42.7 Å². The third kappa shape index (κ3) is 2.53. The van der Waals surface area contributed by atoms with Gasteiger partial charge in [-0.25, -0.2) is 0 Å². The van der Waals surface area contributed by atoms with E-state index in [1.807, 2.05) is 6.08 Å². The number of allylic oxidation sites excluding steroid dienone is 3. The van der Waals surface area contributed by atoms with E-state index in [1.54, 1.807) is 6.92 Å². The number of carbonyl (C=O) groups is 2. The number of aliphatic hydroxyl groups is 1. The maximum Gasteiger partial charge on any atom is 0.303 e. The zero-order valence-electron chi connectivity index (χ0n) is 17.3. The minimum Gasteiger partial charge on any atom is -0.451 e. The predicted octanol–water partition coefficient (Wildman–Crippen LogP) is 4.54. The Hall–Kier alpha value is -1.13. The molecule has 0 aromatic rings. The number of aliphatic hydroxyl groups excluding tert-OH is 1. The second kappa shape index (κ2) is 6.43. The van der Waals surface area contributed by atoms with Gasteiger partial charge in [0.2, 0.25) is 0 Å². The molecule has 0 unspecified atom stereocenters. The van der Waals surface area contributed by atoms with Crippen molar-refractivity contribution in [3.63, 3.8) is 0 Å². The third-order valence-corrected chi connectivity index (χ3v) is 9.02. The highest BCUT2D eigenvalue weighted by Crippen LogP contribution is 2.68. The van der Waals surface area contributed by atoms with E-state index in [4.69, 9.17) is 16.3 Å². The molecule has 0 heterocycles. The van der Waals surface area contributed by atoms with E-state index >= 15 is 0 Å². The topological polar surface area (TPSA) is 63.6 Å². The van der Waals surface area contributed by atoms with Crippen LogP contribution in [0.1, 0.15) is 66.2 Å². The van der Waals surface area contributed by atoms with Crippen LogP contribution in [-0.2, 0) is 14.3 Å². The molecule has 28 heavy (non-hydrogen) atoms. The lowest BCUT2D eigenvalue weighted by Gasteiger charge is -2.58. The first-order valence-electron chi connectivity index (χ1n) is 10.5.